The van der Waals surface area contributed by atoms with Crippen molar-refractivity contribution in [2.75, 3.05) is 12.3 Å². The zero-order valence-corrected chi connectivity index (χ0v) is 12.6. The van der Waals surface area contributed by atoms with Gasteiger partial charge in [0, 0.05) is 12.2 Å². The predicted octanol–water partition coefficient (Wildman–Crippen LogP) is 2.29. The van der Waals surface area contributed by atoms with E-state index in [0.717, 1.165) is 12.0 Å². The molecule has 0 unspecified atom stereocenters. The molecule has 0 saturated carbocycles. The number of pyridine rings is 1. The van der Waals surface area contributed by atoms with Crippen LogP contribution < -0.4 is 5.73 Å². The molecule has 22 heavy (non-hydrogen) atoms. The third-order valence-corrected chi connectivity index (χ3v) is 3.62. The maximum Gasteiger partial charge on any atom is 0.143 e. The molecule has 5 nitrogen and oxygen atoms in total. The molecule has 110 valence electrons. The van der Waals surface area contributed by atoms with E-state index in [1.807, 2.05) is 36.4 Å². The third-order valence-electron chi connectivity index (χ3n) is 3.30. The normalized spacial score (nSPS) is 10.0. The van der Waals surface area contributed by atoms with Gasteiger partial charge in [-0.1, -0.05) is 24.3 Å². The van der Waals surface area contributed by atoms with Crippen molar-refractivity contribution in [3.63, 3.8) is 0 Å². The van der Waals surface area contributed by atoms with Gasteiger partial charge in [-0.2, -0.15) is 10.5 Å². The summed E-state index contributed by atoms with van der Waals surface area (Å²) in [6.07, 6.45) is 1.46. The molecule has 0 aliphatic heterocycles. The lowest BCUT2D eigenvalue weighted by atomic mass is 9.95. The Morgan fingerprint density at radius 1 is 1.14 bits per heavy atom. The van der Waals surface area contributed by atoms with Crippen molar-refractivity contribution >= 4 is 18.4 Å². The Kier molecular flexibility index (Phi) is 5.00. The number of hydrogen-bond donors (Lipinski definition) is 3. The zero-order chi connectivity index (χ0) is 16.1. The first-order chi connectivity index (χ1) is 10.6. The minimum atomic E-state index is 0.0610. The molecule has 0 saturated heterocycles. The van der Waals surface area contributed by atoms with Gasteiger partial charge in [0.05, 0.1) is 5.56 Å². The van der Waals surface area contributed by atoms with Gasteiger partial charge in [-0.05, 0) is 24.0 Å². The highest BCUT2D eigenvalue weighted by Crippen LogP contribution is 2.33. The van der Waals surface area contributed by atoms with Crippen LogP contribution in [-0.4, -0.2) is 16.7 Å². The fourth-order valence-corrected chi connectivity index (χ4v) is 2.49. The number of nitrogen functional groups attached to an aromatic ring is 1. The summed E-state index contributed by atoms with van der Waals surface area (Å²) in [7, 11) is 0. The Bertz CT molecular complexity index is 734. The molecular formula is C16H14N4OS. The van der Waals surface area contributed by atoms with Crippen molar-refractivity contribution in [1.29, 1.82) is 10.5 Å². The van der Waals surface area contributed by atoms with Crippen molar-refractivity contribution < 1.29 is 5.11 Å². The number of benzene rings is 1. The summed E-state index contributed by atoms with van der Waals surface area (Å²) in [4.78, 5) is 3.93. The van der Waals surface area contributed by atoms with Crippen molar-refractivity contribution in [2.45, 2.75) is 17.9 Å². The molecule has 0 radical (unpaired) electrons. The maximum absolute atomic E-state index is 9.33. The molecular weight excluding hydrogens is 296 g/mol. The van der Waals surface area contributed by atoms with Gasteiger partial charge in [0.15, 0.2) is 0 Å². The van der Waals surface area contributed by atoms with Crippen LogP contribution in [0.15, 0.2) is 29.3 Å². The lowest BCUT2D eigenvalue weighted by Crippen LogP contribution is -2.02. The van der Waals surface area contributed by atoms with Gasteiger partial charge in [-0.3, -0.25) is 0 Å². The SMILES string of the molecule is N#Cc1c(N)nc(S)c(C#N)c1-c1ccc(CCCO)cc1. The number of aromatic nitrogens is 1. The van der Waals surface area contributed by atoms with Gasteiger partial charge in [0.1, 0.15) is 28.5 Å². The van der Waals surface area contributed by atoms with E-state index in [0.29, 0.717) is 17.5 Å². The third kappa shape index (κ3) is 3.04. The molecule has 6 heteroatoms. The number of hydrogen-bond acceptors (Lipinski definition) is 6. The van der Waals surface area contributed by atoms with Gasteiger partial charge in [-0.15, -0.1) is 12.6 Å². The minimum Gasteiger partial charge on any atom is -0.396 e. The van der Waals surface area contributed by atoms with Gasteiger partial charge in [-0.25, -0.2) is 4.98 Å². The molecule has 1 aromatic carbocycles. The fraction of sp³-hybridized carbons (Fsp3) is 0.188. The van der Waals surface area contributed by atoms with Crippen molar-refractivity contribution in [3.8, 4) is 23.3 Å². The van der Waals surface area contributed by atoms with E-state index in [1.165, 1.54) is 0 Å². The Morgan fingerprint density at radius 2 is 1.77 bits per heavy atom. The van der Waals surface area contributed by atoms with E-state index in [1.54, 1.807) is 0 Å². The second-order valence-electron chi connectivity index (χ2n) is 4.69. The van der Waals surface area contributed by atoms with E-state index in [4.69, 9.17) is 10.8 Å². The highest BCUT2D eigenvalue weighted by molar-refractivity contribution is 7.80. The number of rotatable bonds is 4. The molecule has 0 bridgehead atoms. The first-order valence-corrected chi connectivity index (χ1v) is 7.10. The predicted molar refractivity (Wildman–Crippen MR) is 86.2 cm³/mol. The Hall–Kier alpha value is -2.54. The van der Waals surface area contributed by atoms with E-state index in [9.17, 15) is 10.5 Å². The molecule has 2 aromatic rings. The van der Waals surface area contributed by atoms with Crippen LogP contribution >= 0.6 is 12.6 Å². The molecule has 2 rings (SSSR count). The molecule has 1 heterocycles. The van der Waals surface area contributed by atoms with Crippen LogP contribution in [0.5, 0.6) is 0 Å². The van der Waals surface area contributed by atoms with Crippen LogP contribution in [0.25, 0.3) is 11.1 Å². The van der Waals surface area contributed by atoms with Crippen LogP contribution in [-0.2, 0) is 6.42 Å². The van der Waals surface area contributed by atoms with Crippen LogP contribution in [0.2, 0.25) is 0 Å². The van der Waals surface area contributed by atoms with Crippen molar-refractivity contribution in [1.82, 2.24) is 4.98 Å². The first kappa shape index (κ1) is 15.8. The number of nitrogens with two attached hydrogens (primary N) is 1. The Labute approximate surface area is 134 Å². The summed E-state index contributed by atoms with van der Waals surface area (Å²) in [5.41, 5.74) is 8.42. The number of aliphatic hydroxyl groups excluding tert-OH is 1. The topological polar surface area (TPSA) is 107 Å². The molecule has 0 atom stereocenters. The second-order valence-corrected chi connectivity index (χ2v) is 5.12. The average molecular weight is 310 g/mol. The van der Waals surface area contributed by atoms with Crippen LogP contribution in [0, 0.1) is 22.7 Å². The molecule has 1 aromatic heterocycles. The van der Waals surface area contributed by atoms with Crippen LogP contribution in [0.4, 0.5) is 5.82 Å². The summed E-state index contributed by atoms with van der Waals surface area (Å²) in [5, 5.41) is 27.7. The van der Waals surface area contributed by atoms with Crippen LogP contribution in [0.3, 0.4) is 0 Å². The minimum absolute atomic E-state index is 0.0610. The molecule has 0 spiro atoms. The van der Waals surface area contributed by atoms with Gasteiger partial charge < -0.3 is 10.8 Å². The second kappa shape index (κ2) is 6.95. The quantitative estimate of drug-likeness (QED) is 0.751. The van der Waals surface area contributed by atoms with E-state index in [-0.39, 0.29) is 28.6 Å². The number of nitriles is 2. The maximum atomic E-state index is 9.33. The summed E-state index contributed by atoms with van der Waals surface area (Å²) in [6.45, 7) is 0.142. The molecule has 0 aliphatic rings. The summed E-state index contributed by atoms with van der Waals surface area (Å²) in [5.74, 6) is 0.0610. The Balaban J connectivity index is 2.57. The lowest BCUT2D eigenvalue weighted by molar-refractivity contribution is 0.288. The van der Waals surface area contributed by atoms with Gasteiger partial charge >= 0.3 is 0 Å². The van der Waals surface area contributed by atoms with E-state index in [2.05, 4.69) is 17.6 Å². The fourth-order valence-electron chi connectivity index (χ4n) is 2.22. The number of thiol groups is 1. The number of nitrogens with zero attached hydrogens (tertiary/aromatic N) is 3. The number of anilines is 1. The van der Waals surface area contributed by atoms with E-state index < -0.39 is 0 Å². The van der Waals surface area contributed by atoms with Crippen LogP contribution in [0.1, 0.15) is 23.1 Å². The summed E-state index contributed by atoms with van der Waals surface area (Å²) >= 11 is 4.17. The molecule has 3 N–H and O–H groups in total. The molecule has 0 amide bonds. The average Bonchev–Trinajstić information content (AvgIpc) is 2.53. The molecule has 0 fully saturated rings. The number of aryl methyl sites for hydroxylation is 1. The van der Waals surface area contributed by atoms with Gasteiger partial charge in [0.25, 0.3) is 0 Å². The number of aliphatic hydroxyl groups is 1. The molecule has 0 aliphatic carbocycles. The lowest BCUT2D eigenvalue weighted by Gasteiger charge is -2.11. The zero-order valence-electron chi connectivity index (χ0n) is 11.7. The Morgan fingerprint density at radius 3 is 2.32 bits per heavy atom. The summed E-state index contributed by atoms with van der Waals surface area (Å²) in [6, 6.07) is 11.5. The highest BCUT2D eigenvalue weighted by atomic mass is 32.1. The first-order valence-electron chi connectivity index (χ1n) is 6.65. The standard InChI is InChI=1S/C16H14N4OS/c17-8-12-14(13(9-18)16(22)20-15(12)19)11-5-3-10(4-6-11)2-1-7-21/h3-6,21H,1-2,7H2,(H3,19,20,22). The smallest absolute Gasteiger partial charge is 0.143 e. The van der Waals surface area contributed by atoms with Gasteiger partial charge in [0.2, 0.25) is 0 Å². The summed E-state index contributed by atoms with van der Waals surface area (Å²) < 4.78 is 0. The van der Waals surface area contributed by atoms with Crippen molar-refractivity contribution in [2.24, 2.45) is 0 Å². The highest BCUT2D eigenvalue weighted by Gasteiger charge is 2.18. The van der Waals surface area contributed by atoms with Crippen molar-refractivity contribution in [3.05, 3.63) is 41.0 Å². The monoisotopic (exact) mass is 310 g/mol. The largest absolute Gasteiger partial charge is 0.396 e. The van der Waals surface area contributed by atoms with E-state index >= 15 is 0 Å².